The summed E-state index contributed by atoms with van der Waals surface area (Å²) in [6, 6.07) is 5.02. The predicted octanol–water partition coefficient (Wildman–Crippen LogP) is -0.891. The lowest BCUT2D eigenvalue weighted by Crippen LogP contribution is -2.59. The molecule has 1 aromatic rings. The van der Waals surface area contributed by atoms with Gasteiger partial charge < -0.3 is 16.2 Å². The molecular formula is C20H22N4O7. The van der Waals surface area contributed by atoms with Crippen LogP contribution in [0.25, 0.3) is 0 Å². The third-order valence-electron chi connectivity index (χ3n) is 5.53. The van der Waals surface area contributed by atoms with Crippen molar-refractivity contribution in [1.82, 2.24) is 15.1 Å². The number of piperidine rings is 1. The molecule has 11 nitrogen and oxygen atoms in total. The number of nitrogens with zero attached hydrogens (tertiary/aromatic N) is 2. The number of carbonyl (C=O) groups excluding carboxylic acids is 5. The van der Waals surface area contributed by atoms with Gasteiger partial charge in [0.15, 0.2) is 0 Å². The molecule has 0 spiro atoms. The Morgan fingerprint density at radius 2 is 1.74 bits per heavy atom. The summed E-state index contributed by atoms with van der Waals surface area (Å²) in [5, 5.41) is 11.8. The Balaban J connectivity index is 1.79. The van der Waals surface area contributed by atoms with Crippen molar-refractivity contribution >= 4 is 35.5 Å². The zero-order valence-electron chi connectivity index (χ0n) is 16.8. The van der Waals surface area contributed by atoms with Gasteiger partial charge in [-0.3, -0.25) is 33.8 Å². The zero-order chi connectivity index (χ0) is 22.9. The summed E-state index contributed by atoms with van der Waals surface area (Å²) in [5.74, 6) is -4.59. The first-order valence-corrected chi connectivity index (χ1v) is 9.66. The number of nitrogens with two attached hydrogens (primary N) is 1. The van der Waals surface area contributed by atoms with Gasteiger partial charge in [0.25, 0.3) is 17.7 Å². The van der Waals surface area contributed by atoms with Gasteiger partial charge in [-0.15, -0.1) is 0 Å². The van der Waals surface area contributed by atoms with Crippen molar-refractivity contribution in [2.45, 2.75) is 37.8 Å². The minimum Gasteiger partial charge on any atom is -0.480 e. The molecule has 1 saturated heterocycles. The van der Waals surface area contributed by atoms with Gasteiger partial charge in [-0.1, -0.05) is 12.1 Å². The number of nitrogens with one attached hydrogen (secondary N) is 1. The van der Waals surface area contributed by atoms with Crippen LogP contribution in [-0.2, 0) is 19.2 Å². The van der Waals surface area contributed by atoms with Gasteiger partial charge in [-0.2, -0.15) is 0 Å². The van der Waals surface area contributed by atoms with Crippen LogP contribution in [0.5, 0.6) is 0 Å². The largest absolute Gasteiger partial charge is 0.480 e. The number of carboxylic acid groups (broad SMARTS) is 1. The quantitative estimate of drug-likeness (QED) is 0.468. The van der Waals surface area contributed by atoms with E-state index in [0.29, 0.717) is 0 Å². The molecule has 5 amide bonds. The van der Waals surface area contributed by atoms with Crippen LogP contribution in [0.2, 0.25) is 0 Å². The Morgan fingerprint density at radius 3 is 2.26 bits per heavy atom. The molecule has 31 heavy (non-hydrogen) atoms. The summed E-state index contributed by atoms with van der Waals surface area (Å²) in [4.78, 5) is 75.8. The number of imide groups is 2. The predicted molar refractivity (Wildman–Crippen MR) is 105 cm³/mol. The lowest BCUT2D eigenvalue weighted by molar-refractivity contribution is -0.154. The third kappa shape index (κ3) is 3.91. The lowest BCUT2D eigenvalue weighted by atomic mass is 9.95. The smallest absolute Gasteiger partial charge is 0.329 e. The Kier molecular flexibility index (Phi) is 5.89. The second-order valence-corrected chi connectivity index (χ2v) is 7.60. The van der Waals surface area contributed by atoms with E-state index in [2.05, 4.69) is 5.32 Å². The van der Waals surface area contributed by atoms with E-state index >= 15 is 0 Å². The molecule has 0 saturated carbocycles. The van der Waals surface area contributed by atoms with Crippen molar-refractivity contribution in [1.29, 1.82) is 0 Å². The minimum absolute atomic E-state index is 0.0141. The highest BCUT2D eigenvalue weighted by Gasteiger charge is 2.47. The Hall–Kier alpha value is -3.60. The Labute approximate surface area is 177 Å². The number of amides is 5. The first-order valence-electron chi connectivity index (χ1n) is 9.66. The SMILES string of the molecule is C[C@@](CCN1C(=O)CCC(N2C(=O)c3ccccc3C2=O)C1=O)(NC(=O)CN)C(=O)O. The number of benzene rings is 1. The average Bonchev–Trinajstić information content (AvgIpc) is 2.98. The number of fused-ring (bicyclic) bond motifs is 1. The standard InChI is InChI=1S/C20H22N4O7/c1-20(19(30)31,22-14(25)10-21)8-9-23-15(26)7-6-13(18(23)29)24-16(27)11-4-2-3-5-12(11)17(24)28/h2-5,13H,6-10,21H2,1H3,(H,22,25)(H,30,31)/t13?,20-/m0/s1. The highest BCUT2D eigenvalue weighted by atomic mass is 16.4. The van der Waals surface area contributed by atoms with Crippen molar-refractivity contribution in [3.8, 4) is 0 Å². The van der Waals surface area contributed by atoms with Crippen LogP contribution >= 0.6 is 0 Å². The molecule has 0 radical (unpaired) electrons. The molecule has 0 aromatic heterocycles. The minimum atomic E-state index is -1.76. The number of aliphatic carboxylic acids is 1. The van der Waals surface area contributed by atoms with Crippen molar-refractivity contribution in [3.63, 3.8) is 0 Å². The lowest BCUT2D eigenvalue weighted by Gasteiger charge is -2.36. The van der Waals surface area contributed by atoms with Gasteiger partial charge in [0.2, 0.25) is 11.8 Å². The van der Waals surface area contributed by atoms with E-state index in [-0.39, 0.29) is 36.9 Å². The molecule has 164 valence electrons. The number of hydrogen-bond acceptors (Lipinski definition) is 7. The fourth-order valence-corrected chi connectivity index (χ4v) is 3.70. The maximum absolute atomic E-state index is 13.0. The van der Waals surface area contributed by atoms with E-state index < -0.39 is 53.6 Å². The molecule has 2 atom stereocenters. The van der Waals surface area contributed by atoms with E-state index in [1.165, 1.54) is 19.1 Å². The summed E-state index contributed by atoms with van der Waals surface area (Å²) in [7, 11) is 0. The van der Waals surface area contributed by atoms with Gasteiger partial charge in [0.05, 0.1) is 17.7 Å². The second-order valence-electron chi connectivity index (χ2n) is 7.60. The van der Waals surface area contributed by atoms with Crippen LogP contribution < -0.4 is 11.1 Å². The summed E-state index contributed by atoms with van der Waals surface area (Å²) in [5.41, 5.74) is 3.83. The maximum Gasteiger partial charge on any atom is 0.329 e. The van der Waals surface area contributed by atoms with Gasteiger partial charge in [0, 0.05) is 13.0 Å². The molecule has 11 heteroatoms. The summed E-state index contributed by atoms with van der Waals surface area (Å²) in [6.07, 6.45) is -0.386. The zero-order valence-corrected chi connectivity index (χ0v) is 16.8. The number of hydrogen-bond donors (Lipinski definition) is 3. The molecular weight excluding hydrogens is 408 g/mol. The van der Waals surface area contributed by atoms with Crippen LogP contribution in [0.4, 0.5) is 0 Å². The molecule has 1 fully saturated rings. The highest BCUT2D eigenvalue weighted by Crippen LogP contribution is 2.29. The van der Waals surface area contributed by atoms with Crippen LogP contribution in [0, 0.1) is 0 Å². The topological polar surface area (TPSA) is 167 Å². The van der Waals surface area contributed by atoms with Gasteiger partial charge >= 0.3 is 5.97 Å². The molecule has 2 aliphatic rings. The molecule has 1 unspecified atom stereocenters. The Morgan fingerprint density at radius 1 is 1.16 bits per heavy atom. The summed E-state index contributed by atoms with van der Waals surface area (Å²) >= 11 is 0. The van der Waals surface area contributed by atoms with E-state index in [1.807, 2.05) is 0 Å². The van der Waals surface area contributed by atoms with Crippen molar-refractivity contribution in [3.05, 3.63) is 35.4 Å². The van der Waals surface area contributed by atoms with E-state index in [9.17, 15) is 33.9 Å². The average molecular weight is 430 g/mol. The van der Waals surface area contributed by atoms with Gasteiger partial charge in [-0.25, -0.2) is 4.79 Å². The molecule has 0 aliphatic carbocycles. The molecule has 1 aromatic carbocycles. The molecule has 0 bridgehead atoms. The first kappa shape index (κ1) is 22.1. The van der Waals surface area contributed by atoms with E-state index in [0.717, 1.165) is 9.80 Å². The highest BCUT2D eigenvalue weighted by molar-refractivity contribution is 6.23. The van der Waals surface area contributed by atoms with Crippen molar-refractivity contribution in [2.24, 2.45) is 5.73 Å². The maximum atomic E-state index is 13.0. The van der Waals surface area contributed by atoms with Crippen LogP contribution in [-0.4, -0.2) is 75.1 Å². The van der Waals surface area contributed by atoms with E-state index in [1.54, 1.807) is 12.1 Å². The monoisotopic (exact) mass is 430 g/mol. The molecule has 2 aliphatic heterocycles. The number of carboxylic acids is 1. The summed E-state index contributed by atoms with van der Waals surface area (Å²) in [6.45, 7) is 0.501. The Bertz CT molecular complexity index is 956. The molecule has 2 heterocycles. The molecule has 4 N–H and O–H groups in total. The fourth-order valence-electron chi connectivity index (χ4n) is 3.70. The first-order chi connectivity index (χ1) is 14.6. The van der Waals surface area contributed by atoms with Gasteiger partial charge in [0.1, 0.15) is 11.6 Å². The van der Waals surface area contributed by atoms with Gasteiger partial charge in [-0.05, 0) is 31.9 Å². The summed E-state index contributed by atoms with van der Waals surface area (Å²) < 4.78 is 0. The normalized spacial score (nSPS) is 20.5. The van der Waals surface area contributed by atoms with Crippen molar-refractivity contribution in [2.75, 3.05) is 13.1 Å². The second kappa shape index (κ2) is 8.26. The number of rotatable bonds is 7. The van der Waals surface area contributed by atoms with Crippen LogP contribution in [0.3, 0.4) is 0 Å². The fraction of sp³-hybridized carbons (Fsp3) is 0.400. The van der Waals surface area contributed by atoms with Crippen molar-refractivity contribution < 1.29 is 33.9 Å². The van der Waals surface area contributed by atoms with Crippen LogP contribution in [0.15, 0.2) is 24.3 Å². The molecule has 3 rings (SSSR count). The number of likely N-dealkylation sites (tertiary alicyclic amines) is 1. The van der Waals surface area contributed by atoms with E-state index in [4.69, 9.17) is 5.73 Å². The van der Waals surface area contributed by atoms with Crippen LogP contribution in [0.1, 0.15) is 46.9 Å². The third-order valence-corrected chi connectivity index (χ3v) is 5.53. The number of carbonyl (C=O) groups is 6.